The number of rotatable bonds is 8. The van der Waals surface area contributed by atoms with Crippen LogP contribution in [-0.4, -0.2) is 44.2 Å². The molecule has 0 amide bonds. The second-order valence-electron chi connectivity index (χ2n) is 15.1. The fraction of sp³-hybridized carbons (Fsp3) is 0.422. The smallest absolute Gasteiger partial charge is 0.0769 e. The molecule has 6 heterocycles. The van der Waals surface area contributed by atoms with E-state index in [0.29, 0.717) is 6.54 Å². The molecule has 3 aliphatic rings. The van der Waals surface area contributed by atoms with Gasteiger partial charge in [0.25, 0.3) is 0 Å². The monoisotopic (exact) mass is 681 g/mol. The first-order chi connectivity index (χ1) is 24.6. The number of benzene rings is 1. The van der Waals surface area contributed by atoms with Crippen LogP contribution in [-0.2, 0) is 12.8 Å². The number of unbranched alkanes of at least 4 members (excludes halogenated alkanes) is 2. The average Bonchev–Trinajstić information content (AvgIpc) is 3.77. The summed E-state index contributed by atoms with van der Waals surface area (Å²) in [5.74, 6) is 0. The lowest BCUT2D eigenvalue weighted by molar-refractivity contribution is 0.154. The summed E-state index contributed by atoms with van der Waals surface area (Å²) < 4.78 is 0. The predicted molar refractivity (Wildman–Crippen MR) is 217 cm³/mol. The van der Waals surface area contributed by atoms with E-state index in [1.807, 2.05) is 0 Å². The number of aromatic amines is 2. The van der Waals surface area contributed by atoms with E-state index in [-0.39, 0.29) is 6.10 Å². The third-order valence-electron chi connectivity index (χ3n) is 11.8. The van der Waals surface area contributed by atoms with Gasteiger partial charge >= 0.3 is 0 Å². The van der Waals surface area contributed by atoms with Crippen LogP contribution in [0.1, 0.15) is 125 Å². The van der Waals surface area contributed by atoms with Crippen molar-refractivity contribution in [1.29, 1.82) is 0 Å². The van der Waals surface area contributed by atoms with Gasteiger partial charge < -0.3 is 20.0 Å². The topological polar surface area (TPSA) is 80.8 Å². The molecule has 1 aromatic carbocycles. The molecular formula is C45H55N5O. The molecule has 0 saturated carbocycles. The molecule has 4 aromatic rings. The zero-order valence-corrected chi connectivity index (χ0v) is 32.0. The van der Waals surface area contributed by atoms with Crippen molar-refractivity contribution in [3.05, 3.63) is 87.5 Å². The number of nitrogens with zero attached hydrogens (tertiary/aromatic N) is 3. The number of fused-ring (bicyclic) bond motifs is 8. The molecule has 1 atom stereocenters. The Hall–Kier alpha value is -4.42. The zero-order valence-electron chi connectivity index (χ0n) is 32.0. The number of hydrogen-bond donors (Lipinski definition) is 3. The Balaban J connectivity index is 1.56. The summed E-state index contributed by atoms with van der Waals surface area (Å²) in [7, 11) is 0. The number of aromatic nitrogens is 4. The van der Waals surface area contributed by atoms with Crippen molar-refractivity contribution in [2.45, 2.75) is 113 Å². The van der Waals surface area contributed by atoms with Gasteiger partial charge in [0, 0.05) is 46.4 Å². The highest BCUT2D eigenvalue weighted by Crippen LogP contribution is 2.42. The summed E-state index contributed by atoms with van der Waals surface area (Å²) in [4.78, 5) is 20.9. The Labute approximate surface area is 303 Å². The van der Waals surface area contributed by atoms with Crippen molar-refractivity contribution < 1.29 is 5.11 Å². The van der Waals surface area contributed by atoms with Gasteiger partial charge in [0.1, 0.15) is 0 Å². The second kappa shape index (κ2) is 14.3. The largest absolute Gasteiger partial charge is 0.391 e. The van der Waals surface area contributed by atoms with Crippen LogP contribution in [0.15, 0.2) is 42.5 Å². The fourth-order valence-corrected chi connectivity index (χ4v) is 8.16. The SMILES string of the molecule is CCCCc1c(C)c2cc3nc(c(-c4ccc(N5CCCC(O)C5)cc4)c4nc(cc5[nH]c(cc1[nH]2)c(CCCC)c5C)C(C)=C4C)C(C)=C3C. The molecule has 3 N–H and O–H groups in total. The summed E-state index contributed by atoms with van der Waals surface area (Å²) in [6, 6.07) is 15.7. The Morgan fingerprint density at radius 1 is 0.686 bits per heavy atom. The van der Waals surface area contributed by atoms with Crippen LogP contribution < -0.4 is 4.90 Å². The van der Waals surface area contributed by atoms with Gasteiger partial charge in [0.2, 0.25) is 0 Å². The Morgan fingerprint density at radius 2 is 1.20 bits per heavy atom. The van der Waals surface area contributed by atoms with Crippen molar-refractivity contribution in [2.75, 3.05) is 18.0 Å². The van der Waals surface area contributed by atoms with Crippen molar-refractivity contribution in [3.8, 4) is 11.1 Å². The minimum atomic E-state index is -0.273. The molecule has 3 aliphatic heterocycles. The number of allylic oxidation sites excluding steroid dienone is 4. The first kappa shape index (κ1) is 35.0. The van der Waals surface area contributed by atoms with Crippen LogP contribution in [0.5, 0.6) is 0 Å². The van der Waals surface area contributed by atoms with Crippen molar-refractivity contribution in [3.63, 3.8) is 0 Å². The van der Waals surface area contributed by atoms with Crippen LogP contribution in [0.3, 0.4) is 0 Å². The Morgan fingerprint density at radius 3 is 1.67 bits per heavy atom. The summed E-state index contributed by atoms with van der Waals surface area (Å²) in [6.45, 7) is 19.5. The molecule has 0 radical (unpaired) electrons. The van der Waals surface area contributed by atoms with Crippen LogP contribution in [0.2, 0.25) is 0 Å². The number of aliphatic hydroxyl groups is 1. The van der Waals surface area contributed by atoms with Gasteiger partial charge in [0.05, 0.1) is 28.9 Å². The molecule has 6 nitrogen and oxygen atoms in total. The van der Waals surface area contributed by atoms with Gasteiger partial charge in [-0.2, -0.15) is 0 Å². The molecule has 8 bridgehead atoms. The molecule has 0 spiro atoms. The fourth-order valence-electron chi connectivity index (χ4n) is 8.16. The van der Waals surface area contributed by atoms with Gasteiger partial charge in [-0.3, -0.25) is 0 Å². The lowest BCUT2D eigenvalue weighted by atomic mass is 9.94. The quantitative estimate of drug-likeness (QED) is 0.173. The van der Waals surface area contributed by atoms with Crippen LogP contribution in [0.25, 0.3) is 55.5 Å². The standard InChI is InChI=1S/C45H55N5O/c1-9-11-15-35-30(7)39-22-37-26(3)28(5)44(48-37)43(32-17-19-33(20-18-32)50-21-13-14-34(51)25-50)45-29(6)27(4)38(49-45)23-40-31(8)36(16-12-10-2)42(47-40)24-41(35)46-39/h17-20,22-24,34,46-47,51H,9-16,21,25H2,1-8H3. The van der Waals surface area contributed by atoms with Crippen molar-refractivity contribution in [2.24, 2.45) is 0 Å². The highest BCUT2D eigenvalue weighted by atomic mass is 16.3. The highest BCUT2D eigenvalue weighted by molar-refractivity contribution is 6.01. The molecule has 266 valence electrons. The minimum absolute atomic E-state index is 0.273. The van der Waals surface area contributed by atoms with Crippen molar-refractivity contribution >= 4 is 50.0 Å². The number of piperidine rings is 1. The molecular weight excluding hydrogens is 627 g/mol. The predicted octanol–water partition coefficient (Wildman–Crippen LogP) is 11.1. The minimum Gasteiger partial charge on any atom is -0.391 e. The Kier molecular flexibility index (Phi) is 9.82. The van der Waals surface area contributed by atoms with Gasteiger partial charge in [-0.05, 0) is 161 Å². The molecule has 6 heteroatoms. The zero-order chi connectivity index (χ0) is 36.0. The third kappa shape index (κ3) is 6.48. The van der Waals surface area contributed by atoms with E-state index < -0.39 is 0 Å². The molecule has 1 unspecified atom stereocenters. The van der Waals surface area contributed by atoms with Gasteiger partial charge in [-0.1, -0.05) is 38.8 Å². The number of β-amino-alcohol motifs (C(OH)–C–C–N with tert-alkyl or cyclic N) is 1. The number of aliphatic hydroxyl groups excluding tert-OH is 1. The van der Waals surface area contributed by atoms with E-state index in [0.717, 1.165) is 109 Å². The van der Waals surface area contributed by atoms with E-state index in [1.54, 1.807) is 0 Å². The maximum absolute atomic E-state index is 10.4. The van der Waals surface area contributed by atoms with Gasteiger partial charge in [0.15, 0.2) is 0 Å². The number of anilines is 1. The van der Waals surface area contributed by atoms with E-state index >= 15 is 0 Å². The number of nitrogens with one attached hydrogen (secondary N) is 2. The molecule has 1 saturated heterocycles. The lowest BCUT2D eigenvalue weighted by Gasteiger charge is -2.32. The Bertz CT molecular complexity index is 2090. The maximum atomic E-state index is 10.4. The van der Waals surface area contributed by atoms with E-state index in [2.05, 4.69) is 113 Å². The number of aryl methyl sites for hydroxylation is 4. The normalized spacial score (nSPS) is 16.5. The first-order valence-electron chi connectivity index (χ1n) is 19.2. The molecule has 0 aliphatic carbocycles. The summed E-state index contributed by atoms with van der Waals surface area (Å²) >= 11 is 0. The first-order valence-corrected chi connectivity index (χ1v) is 19.2. The summed E-state index contributed by atoms with van der Waals surface area (Å²) in [5.41, 5.74) is 22.1. The van der Waals surface area contributed by atoms with Crippen molar-refractivity contribution in [1.82, 2.24) is 19.9 Å². The summed E-state index contributed by atoms with van der Waals surface area (Å²) in [6.07, 6.45) is 8.32. The number of hydrogen-bond acceptors (Lipinski definition) is 4. The van der Waals surface area contributed by atoms with E-state index in [4.69, 9.17) is 9.97 Å². The maximum Gasteiger partial charge on any atom is 0.0769 e. The van der Waals surface area contributed by atoms with E-state index in [9.17, 15) is 5.11 Å². The van der Waals surface area contributed by atoms with Crippen LogP contribution in [0, 0.1) is 13.8 Å². The van der Waals surface area contributed by atoms with Crippen LogP contribution >= 0.6 is 0 Å². The lowest BCUT2D eigenvalue weighted by Crippen LogP contribution is -2.38. The second-order valence-corrected chi connectivity index (χ2v) is 15.1. The number of H-pyrrole nitrogens is 2. The highest BCUT2D eigenvalue weighted by Gasteiger charge is 2.25. The van der Waals surface area contributed by atoms with Crippen LogP contribution in [0.4, 0.5) is 5.69 Å². The molecule has 1 fully saturated rings. The van der Waals surface area contributed by atoms with Gasteiger partial charge in [-0.15, -0.1) is 0 Å². The van der Waals surface area contributed by atoms with E-state index in [1.165, 1.54) is 55.6 Å². The molecule has 7 rings (SSSR count). The third-order valence-corrected chi connectivity index (χ3v) is 11.8. The molecule has 51 heavy (non-hydrogen) atoms. The average molecular weight is 682 g/mol. The summed E-state index contributed by atoms with van der Waals surface area (Å²) in [5, 5.41) is 10.4. The van der Waals surface area contributed by atoms with Gasteiger partial charge in [-0.25, -0.2) is 9.97 Å². The molecule has 3 aromatic heterocycles.